The van der Waals surface area contributed by atoms with E-state index in [4.69, 9.17) is 9.47 Å². The molecule has 0 aromatic rings. The number of methoxy groups -OCH3 is 2. The number of hydrogen-bond acceptors (Lipinski definition) is 4. The lowest BCUT2D eigenvalue weighted by atomic mass is 9.72. The van der Waals surface area contributed by atoms with Gasteiger partial charge in [-0.3, -0.25) is 4.79 Å². The Bertz CT molecular complexity index is 503. The van der Waals surface area contributed by atoms with Crippen molar-refractivity contribution in [3.8, 4) is 0 Å². The van der Waals surface area contributed by atoms with Crippen LogP contribution in [0, 0.1) is 11.3 Å². The molecule has 0 atom stereocenters. The predicted molar refractivity (Wildman–Crippen MR) is 100 cm³/mol. The largest absolute Gasteiger partial charge is 0.501 e. The molecule has 1 heterocycles. The first-order chi connectivity index (χ1) is 11.9. The van der Waals surface area contributed by atoms with Crippen LogP contribution in [0.25, 0.3) is 0 Å². The van der Waals surface area contributed by atoms with E-state index in [1.54, 1.807) is 14.2 Å². The van der Waals surface area contributed by atoms with Crippen LogP contribution < -0.4 is 0 Å². The molecule has 5 nitrogen and oxygen atoms in total. The van der Waals surface area contributed by atoms with Crippen LogP contribution in [-0.2, 0) is 14.3 Å². The average Bonchev–Trinajstić information content (AvgIpc) is 2.58. The molecule has 1 amide bonds. The van der Waals surface area contributed by atoms with Crippen molar-refractivity contribution in [2.45, 2.75) is 39.0 Å². The second-order valence-electron chi connectivity index (χ2n) is 7.54. The van der Waals surface area contributed by atoms with Crippen LogP contribution in [-0.4, -0.2) is 63.7 Å². The molecule has 1 saturated heterocycles. The molecule has 1 spiro atoms. The quantitative estimate of drug-likeness (QED) is 0.675. The molecule has 25 heavy (non-hydrogen) atoms. The number of rotatable bonds is 8. The number of likely N-dealkylation sites (tertiary alicyclic amines) is 1. The molecule has 0 unspecified atom stereocenters. The Balaban J connectivity index is 2.10. The van der Waals surface area contributed by atoms with Gasteiger partial charge >= 0.3 is 0 Å². The van der Waals surface area contributed by atoms with Gasteiger partial charge in [0.05, 0.1) is 20.1 Å². The van der Waals surface area contributed by atoms with E-state index >= 15 is 0 Å². The number of ether oxygens (including phenoxy) is 2. The predicted octanol–water partition coefficient (Wildman–Crippen LogP) is 3.04. The highest BCUT2D eigenvalue weighted by molar-refractivity contribution is 5.78. The monoisotopic (exact) mass is 350 g/mol. The molecular weight excluding hydrogens is 316 g/mol. The van der Waals surface area contributed by atoms with E-state index in [-0.39, 0.29) is 17.2 Å². The van der Waals surface area contributed by atoms with Crippen LogP contribution in [0.3, 0.4) is 0 Å². The van der Waals surface area contributed by atoms with Gasteiger partial charge < -0.3 is 19.3 Å². The van der Waals surface area contributed by atoms with E-state index in [1.165, 1.54) is 0 Å². The molecule has 1 fully saturated rings. The fourth-order valence-corrected chi connectivity index (χ4v) is 3.94. The molecule has 5 heteroatoms. The lowest BCUT2D eigenvalue weighted by molar-refractivity contribution is -0.136. The molecule has 0 saturated carbocycles. The minimum Gasteiger partial charge on any atom is -0.501 e. The number of amides is 1. The summed E-state index contributed by atoms with van der Waals surface area (Å²) in [5, 5.41) is 0. The molecule has 2 aliphatic rings. The van der Waals surface area contributed by atoms with Gasteiger partial charge in [0.2, 0.25) is 5.91 Å². The standard InChI is InChI=1S/C20H34N2O3/c1-6-8-16-17(24-4)13-20(14-18(16)25-5)9-12-22(19(23)15-20)11-7-10-21(2)3/h13-14,16H,6-12,15H2,1-5H3. The molecule has 0 bridgehead atoms. The first-order valence-corrected chi connectivity index (χ1v) is 9.40. The van der Waals surface area contributed by atoms with E-state index in [0.717, 1.165) is 56.8 Å². The van der Waals surface area contributed by atoms with Gasteiger partial charge in [-0.1, -0.05) is 13.3 Å². The topological polar surface area (TPSA) is 42.0 Å². The zero-order valence-corrected chi connectivity index (χ0v) is 16.5. The van der Waals surface area contributed by atoms with Crippen molar-refractivity contribution in [2.75, 3.05) is 47.9 Å². The maximum atomic E-state index is 12.7. The van der Waals surface area contributed by atoms with E-state index in [1.807, 2.05) is 4.90 Å². The summed E-state index contributed by atoms with van der Waals surface area (Å²) in [4.78, 5) is 16.9. The first kappa shape index (κ1) is 19.8. The van der Waals surface area contributed by atoms with Crippen molar-refractivity contribution < 1.29 is 14.3 Å². The van der Waals surface area contributed by atoms with Crippen molar-refractivity contribution in [1.29, 1.82) is 0 Å². The number of allylic oxidation sites excluding steroid dienone is 2. The minimum absolute atomic E-state index is 0.179. The molecular formula is C20H34N2O3. The zero-order valence-electron chi connectivity index (χ0n) is 16.5. The Morgan fingerprint density at radius 2 is 1.88 bits per heavy atom. The lowest BCUT2D eigenvalue weighted by Gasteiger charge is -2.41. The normalized spacial score (nSPS) is 26.7. The first-order valence-electron chi connectivity index (χ1n) is 9.40. The molecule has 0 N–H and O–H groups in total. The summed E-state index contributed by atoms with van der Waals surface area (Å²) in [6, 6.07) is 0. The zero-order chi connectivity index (χ0) is 18.4. The molecule has 1 aliphatic carbocycles. The summed E-state index contributed by atoms with van der Waals surface area (Å²) in [6.07, 6.45) is 8.89. The van der Waals surface area contributed by atoms with Crippen LogP contribution in [0.1, 0.15) is 39.0 Å². The summed E-state index contributed by atoms with van der Waals surface area (Å²) in [5.74, 6) is 2.32. The smallest absolute Gasteiger partial charge is 0.223 e. The van der Waals surface area contributed by atoms with Crippen LogP contribution in [0.4, 0.5) is 0 Å². The van der Waals surface area contributed by atoms with E-state index in [0.29, 0.717) is 6.42 Å². The number of piperidine rings is 1. The van der Waals surface area contributed by atoms with Crippen LogP contribution >= 0.6 is 0 Å². The SMILES string of the molecule is CCCC1C(OC)=CC2(C=C1OC)CCN(CCCN(C)C)C(=O)C2. The number of carbonyl (C=O) groups is 1. The third-order valence-electron chi connectivity index (χ3n) is 5.31. The Labute approximate surface area is 152 Å². The molecule has 0 radical (unpaired) electrons. The Morgan fingerprint density at radius 1 is 1.24 bits per heavy atom. The van der Waals surface area contributed by atoms with E-state index in [9.17, 15) is 4.79 Å². The van der Waals surface area contributed by atoms with Gasteiger partial charge in [0, 0.05) is 24.9 Å². The van der Waals surface area contributed by atoms with Gasteiger partial charge in [0.1, 0.15) is 11.5 Å². The van der Waals surface area contributed by atoms with Gasteiger partial charge in [-0.2, -0.15) is 0 Å². The Hall–Kier alpha value is -1.49. The highest BCUT2D eigenvalue weighted by Crippen LogP contribution is 2.44. The van der Waals surface area contributed by atoms with E-state index < -0.39 is 0 Å². The van der Waals surface area contributed by atoms with Gasteiger partial charge in [-0.05, 0) is 52.1 Å². The number of hydrogen-bond donors (Lipinski definition) is 0. The summed E-state index contributed by atoms with van der Waals surface area (Å²) in [6.45, 7) is 4.81. The van der Waals surface area contributed by atoms with Crippen LogP contribution in [0.2, 0.25) is 0 Å². The van der Waals surface area contributed by atoms with Crippen molar-refractivity contribution in [3.63, 3.8) is 0 Å². The van der Waals surface area contributed by atoms with Gasteiger partial charge in [0.25, 0.3) is 0 Å². The van der Waals surface area contributed by atoms with Crippen molar-refractivity contribution >= 4 is 5.91 Å². The van der Waals surface area contributed by atoms with Gasteiger partial charge in [-0.15, -0.1) is 0 Å². The molecule has 1 aliphatic heterocycles. The second kappa shape index (κ2) is 8.75. The number of carbonyl (C=O) groups excluding carboxylic acids is 1. The highest BCUT2D eigenvalue weighted by Gasteiger charge is 2.41. The third-order valence-corrected chi connectivity index (χ3v) is 5.31. The maximum absolute atomic E-state index is 12.7. The van der Waals surface area contributed by atoms with Gasteiger partial charge in [0.15, 0.2) is 0 Å². The van der Waals surface area contributed by atoms with E-state index in [2.05, 4.69) is 38.1 Å². The maximum Gasteiger partial charge on any atom is 0.223 e. The molecule has 0 aromatic carbocycles. The fraction of sp³-hybridized carbons (Fsp3) is 0.750. The summed E-state index contributed by atoms with van der Waals surface area (Å²) >= 11 is 0. The lowest BCUT2D eigenvalue weighted by Crippen LogP contribution is -2.45. The highest BCUT2D eigenvalue weighted by atomic mass is 16.5. The summed E-state index contributed by atoms with van der Waals surface area (Å²) < 4.78 is 11.4. The Morgan fingerprint density at radius 3 is 2.36 bits per heavy atom. The van der Waals surface area contributed by atoms with Crippen molar-refractivity contribution in [2.24, 2.45) is 11.3 Å². The Kier molecular flexibility index (Phi) is 6.94. The molecule has 2 rings (SSSR count). The summed E-state index contributed by atoms with van der Waals surface area (Å²) in [7, 11) is 7.57. The van der Waals surface area contributed by atoms with Crippen LogP contribution in [0.15, 0.2) is 23.7 Å². The molecule has 142 valence electrons. The van der Waals surface area contributed by atoms with Gasteiger partial charge in [-0.25, -0.2) is 0 Å². The van der Waals surface area contributed by atoms with Crippen molar-refractivity contribution in [3.05, 3.63) is 23.7 Å². The summed E-state index contributed by atoms with van der Waals surface area (Å²) in [5.41, 5.74) is -0.254. The minimum atomic E-state index is -0.254. The van der Waals surface area contributed by atoms with Crippen LogP contribution in [0.5, 0.6) is 0 Å². The van der Waals surface area contributed by atoms with Crippen molar-refractivity contribution in [1.82, 2.24) is 9.80 Å². The third kappa shape index (κ3) is 4.78. The molecule has 0 aromatic heterocycles. The fourth-order valence-electron chi connectivity index (χ4n) is 3.94. The second-order valence-corrected chi connectivity index (χ2v) is 7.54. The number of nitrogens with zero attached hydrogens (tertiary/aromatic N) is 2. The average molecular weight is 351 g/mol.